The molecule has 3 nitrogen and oxygen atoms in total. The van der Waals surface area contributed by atoms with Crippen LogP contribution in [0.15, 0.2) is 0 Å². The van der Waals surface area contributed by atoms with E-state index in [2.05, 4.69) is 34.6 Å². The number of hydrogen-bond donors (Lipinski definition) is 1. The van der Waals surface area contributed by atoms with E-state index >= 15 is 0 Å². The fourth-order valence-corrected chi connectivity index (χ4v) is 10.4. The zero-order chi connectivity index (χ0) is 16.8. The van der Waals surface area contributed by atoms with Gasteiger partial charge in [-0.1, -0.05) is 34.6 Å². The number of fused-ring (bicyclic) bond motifs is 2. The first kappa shape index (κ1) is 18.4. The molecule has 1 N–H and O–H groups in total. The Morgan fingerprint density at radius 3 is 2.00 bits per heavy atom. The van der Waals surface area contributed by atoms with Crippen LogP contribution in [0.25, 0.3) is 0 Å². The quantitative estimate of drug-likeness (QED) is 0.709. The molecule has 3 atom stereocenters. The third kappa shape index (κ3) is 2.25. The maximum absolute atomic E-state index is 12.0. The third-order valence-electron chi connectivity index (χ3n) is 6.95. The maximum Gasteiger partial charge on any atom is 0.371 e. The fraction of sp³-hybridized carbons (Fsp3) is 1.00. The van der Waals surface area contributed by atoms with Gasteiger partial charge in [-0.3, -0.25) is 0 Å². The molecule has 0 aromatic carbocycles. The lowest BCUT2D eigenvalue weighted by atomic mass is 9.69. The molecule has 3 unspecified atom stereocenters. The first-order valence-corrected chi connectivity index (χ1v) is 11.1. The zero-order valence-electron chi connectivity index (χ0n) is 15.7. The van der Waals surface area contributed by atoms with Crippen LogP contribution in [0.3, 0.4) is 0 Å². The van der Waals surface area contributed by atoms with E-state index in [9.17, 15) is 5.11 Å². The van der Waals surface area contributed by atoms with Gasteiger partial charge in [0.2, 0.25) is 0 Å². The second-order valence-corrected chi connectivity index (χ2v) is 11.9. The normalized spacial score (nSPS) is 37.2. The summed E-state index contributed by atoms with van der Waals surface area (Å²) in [7, 11) is -2.71. The summed E-state index contributed by atoms with van der Waals surface area (Å²) in [6.07, 6.45) is 3.18. The largest absolute Gasteiger partial charge is 0.393 e. The molecule has 0 spiro atoms. The van der Waals surface area contributed by atoms with Crippen molar-refractivity contribution in [3.05, 3.63) is 0 Å². The van der Waals surface area contributed by atoms with Gasteiger partial charge in [0.15, 0.2) is 0 Å². The maximum atomic E-state index is 12.0. The van der Waals surface area contributed by atoms with Crippen molar-refractivity contribution in [1.29, 1.82) is 0 Å². The molecule has 2 aliphatic rings. The third-order valence-corrected chi connectivity index (χ3v) is 11.8. The van der Waals surface area contributed by atoms with Crippen molar-refractivity contribution in [2.24, 2.45) is 22.7 Å². The summed E-state index contributed by atoms with van der Waals surface area (Å²) in [5.74, 6) is 1.06. The standard InChI is InChI=1S/C18H36O3Si/c1-8-20-22(21-9-2,13-14(3)4)18(19)12-15-10-11-17(18,7)16(15,5)6/h14-15,19H,8-13H2,1-7H3. The van der Waals surface area contributed by atoms with E-state index in [1.807, 2.05) is 13.8 Å². The van der Waals surface area contributed by atoms with Gasteiger partial charge in [0.25, 0.3) is 0 Å². The molecule has 2 rings (SSSR count). The van der Waals surface area contributed by atoms with Crippen molar-refractivity contribution >= 4 is 8.56 Å². The van der Waals surface area contributed by atoms with E-state index in [4.69, 9.17) is 8.85 Å². The van der Waals surface area contributed by atoms with Gasteiger partial charge >= 0.3 is 8.56 Å². The first-order valence-electron chi connectivity index (χ1n) is 9.10. The molecule has 2 aliphatic carbocycles. The molecule has 4 heteroatoms. The van der Waals surface area contributed by atoms with E-state index in [-0.39, 0.29) is 10.8 Å². The summed E-state index contributed by atoms with van der Waals surface area (Å²) < 4.78 is 12.7. The van der Waals surface area contributed by atoms with Gasteiger partial charge in [0.05, 0.1) is 0 Å². The zero-order valence-corrected chi connectivity index (χ0v) is 16.7. The van der Waals surface area contributed by atoms with Gasteiger partial charge in [-0.05, 0) is 56.4 Å². The van der Waals surface area contributed by atoms with E-state index in [1.54, 1.807) is 0 Å². The molecule has 2 saturated carbocycles. The molecule has 0 saturated heterocycles. The van der Waals surface area contributed by atoms with Crippen molar-refractivity contribution in [2.75, 3.05) is 13.2 Å². The lowest BCUT2D eigenvalue weighted by molar-refractivity contribution is -0.0707. The molecular weight excluding hydrogens is 292 g/mol. The Morgan fingerprint density at radius 2 is 1.68 bits per heavy atom. The molecular formula is C18H36O3Si. The molecule has 0 aromatic rings. The Balaban J connectivity index is 2.51. The number of aliphatic hydroxyl groups is 1. The highest BCUT2D eigenvalue weighted by Gasteiger charge is 2.77. The van der Waals surface area contributed by atoms with Crippen molar-refractivity contribution in [2.45, 2.75) is 79.0 Å². The van der Waals surface area contributed by atoms with Crippen LogP contribution in [0.5, 0.6) is 0 Å². The lowest BCUT2D eigenvalue weighted by Gasteiger charge is -2.53. The van der Waals surface area contributed by atoms with Crippen molar-refractivity contribution in [3.63, 3.8) is 0 Å². The van der Waals surface area contributed by atoms with Gasteiger partial charge in [-0.25, -0.2) is 0 Å². The monoisotopic (exact) mass is 328 g/mol. The highest BCUT2D eigenvalue weighted by molar-refractivity contribution is 6.71. The molecule has 2 bridgehead atoms. The van der Waals surface area contributed by atoms with Crippen LogP contribution < -0.4 is 0 Å². The van der Waals surface area contributed by atoms with Gasteiger partial charge < -0.3 is 14.0 Å². The van der Waals surface area contributed by atoms with Crippen molar-refractivity contribution in [1.82, 2.24) is 0 Å². The SMILES string of the molecule is CCO[Si](CC(C)C)(OCC)C1(O)CC2CCC1(C)C2(C)C. The average Bonchev–Trinajstić information content (AvgIpc) is 2.70. The summed E-state index contributed by atoms with van der Waals surface area (Å²) in [6.45, 7) is 16.7. The Bertz CT molecular complexity index is 403. The molecule has 2 fully saturated rings. The summed E-state index contributed by atoms with van der Waals surface area (Å²) in [5.41, 5.74) is 0.0568. The molecule has 0 heterocycles. The van der Waals surface area contributed by atoms with Crippen LogP contribution in [0.1, 0.15) is 67.7 Å². The predicted octanol–water partition coefficient (Wildman–Crippen LogP) is 4.27. The molecule has 0 radical (unpaired) electrons. The molecule has 22 heavy (non-hydrogen) atoms. The van der Waals surface area contributed by atoms with Crippen molar-refractivity contribution < 1.29 is 14.0 Å². The second-order valence-electron chi connectivity index (χ2n) is 8.57. The van der Waals surface area contributed by atoms with Crippen molar-refractivity contribution in [3.8, 4) is 0 Å². The van der Waals surface area contributed by atoms with E-state index in [0.29, 0.717) is 25.0 Å². The van der Waals surface area contributed by atoms with Crippen LogP contribution in [0.2, 0.25) is 6.04 Å². The Morgan fingerprint density at radius 1 is 1.14 bits per heavy atom. The summed E-state index contributed by atoms with van der Waals surface area (Å²) in [4.78, 5) is 0. The van der Waals surface area contributed by atoms with Crippen LogP contribution >= 0.6 is 0 Å². The highest BCUT2D eigenvalue weighted by Crippen LogP contribution is 2.72. The Hall–Kier alpha value is 0.0969. The minimum absolute atomic E-state index is 0.101. The lowest BCUT2D eigenvalue weighted by Crippen LogP contribution is -2.70. The minimum Gasteiger partial charge on any atom is -0.393 e. The van der Waals surface area contributed by atoms with Gasteiger partial charge in [-0.2, -0.15) is 0 Å². The van der Waals surface area contributed by atoms with Gasteiger partial charge in [0, 0.05) is 18.6 Å². The molecule has 0 amide bonds. The fourth-order valence-electron chi connectivity index (χ4n) is 5.42. The topological polar surface area (TPSA) is 38.7 Å². The van der Waals surface area contributed by atoms with Gasteiger partial charge in [-0.15, -0.1) is 0 Å². The Labute approximate surface area is 138 Å². The Kier molecular flexibility index (Phi) is 4.92. The van der Waals surface area contributed by atoms with Crippen LogP contribution in [-0.4, -0.2) is 32.1 Å². The highest BCUT2D eigenvalue weighted by atomic mass is 28.4. The van der Waals surface area contributed by atoms with E-state index < -0.39 is 13.8 Å². The first-order chi connectivity index (χ1) is 10.1. The molecule has 0 aromatic heterocycles. The van der Waals surface area contributed by atoms with E-state index in [1.165, 1.54) is 6.42 Å². The summed E-state index contributed by atoms with van der Waals surface area (Å²) >= 11 is 0. The molecule has 0 aliphatic heterocycles. The molecule has 130 valence electrons. The smallest absolute Gasteiger partial charge is 0.371 e. The number of hydrogen-bond acceptors (Lipinski definition) is 3. The average molecular weight is 329 g/mol. The minimum atomic E-state index is -2.71. The summed E-state index contributed by atoms with van der Waals surface area (Å²) in [5, 5.41) is 11.2. The van der Waals surface area contributed by atoms with E-state index in [0.717, 1.165) is 18.9 Å². The van der Waals surface area contributed by atoms with Crippen LogP contribution in [0.4, 0.5) is 0 Å². The number of rotatable bonds is 7. The second kappa shape index (κ2) is 5.87. The van der Waals surface area contributed by atoms with Crippen LogP contribution in [-0.2, 0) is 8.85 Å². The van der Waals surface area contributed by atoms with Gasteiger partial charge in [0.1, 0.15) is 5.22 Å². The van der Waals surface area contributed by atoms with Crippen LogP contribution in [0, 0.1) is 22.7 Å². The summed E-state index contributed by atoms with van der Waals surface area (Å²) in [6, 6.07) is 0.879. The predicted molar refractivity (Wildman–Crippen MR) is 92.8 cm³/mol.